The summed E-state index contributed by atoms with van der Waals surface area (Å²) in [6.45, 7) is 6.73. The summed E-state index contributed by atoms with van der Waals surface area (Å²) in [5.74, 6) is 1.48. The van der Waals surface area contributed by atoms with Crippen molar-refractivity contribution in [1.29, 1.82) is 0 Å². The summed E-state index contributed by atoms with van der Waals surface area (Å²) in [5.41, 5.74) is 1.02. The number of hydrogen-bond acceptors (Lipinski definition) is 3. The molecule has 0 aliphatic carbocycles. The molecule has 0 radical (unpaired) electrons. The minimum absolute atomic E-state index is 0. The first kappa shape index (κ1) is 17.8. The molecule has 1 fully saturated rings. The smallest absolute Gasteiger partial charge is 0.224 e. The number of rotatable bonds is 5. The van der Waals surface area contributed by atoms with Gasteiger partial charge in [-0.05, 0) is 43.5 Å². The molecular weight excluding hydrogens is 288 g/mol. The van der Waals surface area contributed by atoms with Crippen LogP contribution >= 0.6 is 12.4 Å². The average Bonchev–Trinajstić information content (AvgIpc) is 2.44. The third-order valence-corrected chi connectivity index (χ3v) is 3.77. The Labute approximate surface area is 133 Å². The Morgan fingerprint density at radius 2 is 2.10 bits per heavy atom. The number of carbonyl (C=O) groups excluding carboxylic acids is 1. The number of hydrogen-bond donors (Lipinski definition) is 2. The van der Waals surface area contributed by atoms with Crippen molar-refractivity contribution in [3.05, 3.63) is 29.8 Å². The number of halogens is 1. The molecule has 0 bridgehead atoms. The second-order valence-corrected chi connectivity index (χ2v) is 5.40. The first-order chi connectivity index (χ1) is 9.69. The molecule has 1 heterocycles. The summed E-state index contributed by atoms with van der Waals surface area (Å²) in [4.78, 5) is 12.1. The lowest BCUT2D eigenvalue weighted by molar-refractivity contribution is -0.121. The molecule has 0 spiro atoms. The van der Waals surface area contributed by atoms with Gasteiger partial charge >= 0.3 is 0 Å². The molecule has 21 heavy (non-hydrogen) atoms. The number of benzene rings is 1. The van der Waals surface area contributed by atoms with Gasteiger partial charge in [0.15, 0.2) is 0 Å². The number of nitrogens with one attached hydrogen (secondary N) is 2. The standard InChI is InChI=1S/C16H24N2O2.ClH/c1-3-20-14-6-4-13(5-7-14)10-16(19)18-15-11-17-9-8-12(15)2;/h4-7,12,15,17H,3,8-11H2,1-2H3,(H,18,19);1H. The van der Waals surface area contributed by atoms with E-state index in [-0.39, 0.29) is 24.4 Å². The van der Waals surface area contributed by atoms with Gasteiger partial charge in [0, 0.05) is 12.6 Å². The third-order valence-electron chi connectivity index (χ3n) is 3.77. The summed E-state index contributed by atoms with van der Waals surface area (Å²) in [6, 6.07) is 7.98. The van der Waals surface area contributed by atoms with Gasteiger partial charge in [-0.15, -0.1) is 12.4 Å². The molecule has 1 aromatic carbocycles. The van der Waals surface area contributed by atoms with Crippen molar-refractivity contribution in [1.82, 2.24) is 10.6 Å². The van der Waals surface area contributed by atoms with Gasteiger partial charge in [0.05, 0.1) is 13.0 Å². The van der Waals surface area contributed by atoms with Crippen LogP contribution < -0.4 is 15.4 Å². The Bertz CT molecular complexity index is 436. The maximum absolute atomic E-state index is 12.1. The first-order valence-corrected chi connectivity index (χ1v) is 7.41. The molecule has 2 N–H and O–H groups in total. The lowest BCUT2D eigenvalue weighted by Crippen LogP contribution is -2.50. The average molecular weight is 313 g/mol. The summed E-state index contributed by atoms with van der Waals surface area (Å²) < 4.78 is 5.39. The molecule has 5 heteroatoms. The summed E-state index contributed by atoms with van der Waals surface area (Å²) in [5, 5.41) is 6.45. The molecule has 1 saturated heterocycles. The molecule has 4 nitrogen and oxygen atoms in total. The fraction of sp³-hybridized carbons (Fsp3) is 0.562. The van der Waals surface area contributed by atoms with E-state index in [9.17, 15) is 4.79 Å². The van der Waals surface area contributed by atoms with Crippen molar-refractivity contribution in [3.8, 4) is 5.75 Å². The van der Waals surface area contributed by atoms with Crippen LogP contribution in [-0.4, -0.2) is 31.6 Å². The molecule has 1 aromatic rings. The zero-order valence-corrected chi connectivity index (χ0v) is 13.5. The van der Waals surface area contributed by atoms with E-state index < -0.39 is 0 Å². The lowest BCUT2D eigenvalue weighted by Gasteiger charge is -2.30. The van der Waals surface area contributed by atoms with E-state index >= 15 is 0 Å². The van der Waals surface area contributed by atoms with Crippen LogP contribution in [0.15, 0.2) is 24.3 Å². The van der Waals surface area contributed by atoms with Crippen molar-refractivity contribution < 1.29 is 9.53 Å². The van der Waals surface area contributed by atoms with E-state index in [2.05, 4.69) is 17.6 Å². The van der Waals surface area contributed by atoms with E-state index in [1.165, 1.54) is 0 Å². The largest absolute Gasteiger partial charge is 0.494 e. The van der Waals surface area contributed by atoms with Crippen molar-refractivity contribution in [2.75, 3.05) is 19.7 Å². The fourth-order valence-corrected chi connectivity index (χ4v) is 2.50. The number of ether oxygens (including phenoxy) is 1. The number of carbonyl (C=O) groups is 1. The highest BCUT2D eigenvalue weighted by Crippen LogP contribution is 2.14. The fourth-order valence-electron chi connectivity index (χ4n) is 2.50. The zero-order chi connectivity index (χ0) is 14.4. The molecule has 0 aromatic heterocycles. The Hall–Kier alpha value is -1.26. The Kier molecular flexibility index (Phi) is 7.54. The zero-order valence-electron chi connectivity index (χ0n) is 12.7. The second kappa shape index (κ2) is 8.90. The van der Waals surface area contributed by atoms with Crippen LogP contribution in [0.5, 0.6) is 5.75 Å². The van der Waals surface area contributed by atoms with Crippen molar-refractivity contribution in [2.45, 2.75) is 32.7 Å². The van der Waals surface area contributed by atoms with Crippen LogP contribution in [-0.2, 0) is 11.2 Å². The highest BCUT2D eigenvalue weighted by molar-refractivity contribution is 5.85. The van der Waals surface area contributed by atoms with E-state index in [4.69, 9.17) is 4.74 Å². The molecule has 1 amide bonds. The molecule has 2 atom stereocenters. The number of amides is 1. The Morgan fingerprint density at radius 1 is 1.38 bits per heavy atom. The van der Waals surface area contributed by atoms with E-state index in [1.807, 2.05) is 31.2 Å². The quantitative estimate of drug-likeness (QED) is 0.876. The normalized spacial score (nSPS) is 21.2. The van der Waals surface area contributed by atoms with Gasteiger partial charge in [-0.2, -0.15) is 0 Å². The van der Waals surface area contributed by atoms with E-state index in [1.54, 1.807) is 0 Å². The highest BCUT2D eigenvalue weighted by atomic mass is 35.5. The SMILES string of the molecule is CCOc1ccc(CC(=O)NC2CNCCC2C)cc1.Cl. The van der Waals surface area contributed by atoms with Crippen molar-refractivity contribution >= 4 is 18.3 Å². The minimum atomic E-state index is 0. The van der Waals surface area contributed by atoms with Crippen molar-refractivity contribution in [3.63, 3.8) is 0 Å². The van der Waals surface area contributed by atoms with Gasteiger partial charge < -0.3 is 15.4 Å². The first-order valence-electron chi connectivity index (χ1n) is 7.41. The van der Waals surface area contributed by atoms with Gasteiger partial charge in [0.2, 0.25) is 5.91 Å². The molecule has 118 valence electrons. The van der Waals surface area contributed by atoms with Gasteiger partial charge in [-0.3, -0.25) is 4.79 Å². The number of piperidine rings is 1. The van der Waals surface area contributed by atoms with Gasteiger partial charge in [-0.1, -0.05) is 19.1 Å². The molecular formula is C16H25ClN2O2. The monoisotopic (exact) mass is 312 g/mol. The summed E-state index contributed by atoms with van der Waals surface area (Å²) in [7, 11) is 0. The molecule has 1 aliphatic heterocycles. The second-order valence-electron chi connectivity index (χ2n) is 5.40. The summed E-state index contributed by atoms with van der Waals surface area (Å²) >= 11 is 0. The lowest BCUT2D eigenvalue weighted by atomic mass is 9.94. The molecule has 1 aliphatic rings. The summed E-state index contributed by atoms with van der Waals surface area (Å²) in [6.07, 6.45) is 1.55. The minimum Gasteiger partial charge on any atom is -0.494 e. The van der Waals surface area contributed by atoms with Gasteiger partial charge in [0.25, 0.3) is 0 Å². The van der Waals surface area contributed by atoms with Crippen LogP contribution in [0.4, 0.5) is 0 Å². The predicted molar refractivity (Wildman–Crippen MR) is 87.1 cm³/mol. The van der Waals surface area contributed by atoms with Crippen LogP contribution in [0.25, 0.3) is 0 Å². The van der Waals surface area contributed by atoms with Gasteiger partial charge in [0.1, 0.15) is 5.75 Å². The van der Waals surface area contributed by atoms with Crippen LogP contribution in [0.1, 0.15) is 25.8 Å². The maximum atomic E-state index is 12.1. The third kappa shape index (κ3) is 5.56. The van der Waals surface area contributed by atoms with E-state index in [0.717, 1.165) is 30.8 Å². The van der Waals surface area contributed by atoms with E-state index in [0.29, 0.717) is 18.9 Å². The van der Waals surface area contributed by atoms with Crippen LogP contribution in [0.3, 0.4) is 0 Å². The molecule has 0 saturated carbocycles. The maximum Gasteiger partial charge on any atom is 0.224 e. The van der Waals surface area contributed by atoms with Crippen molar-refractivity contribution in [2.24, 2.45) is 5.92 Å². The van der Waals surface area contributed by atoms with Gasteiger partial charge in [-0.25, -0.2) is 0 Å². The highest BCUT2D eigenvalue weighted by Gasteiger charge is 2.22. The predicted octanol–water partition coefficient (Wildman–Crippen LogP) is 2.16. The van der Waals surface area contributed by atoms with Crippen LogP contribution in [0, 0.1) is 5.92 Å². The Morgan fingerprint density at radius 3 is 2.71 bits per heavy atom. The topological polar surface area (TPSA) is 50.4 Å². The van der Waals surface area contributed by atoms with Crippen LogP contribution in [0.2, 0.25) is 0 Å². The molecule has 2 unspecified atom stereocenters. The molecule has 2 rings (SSSR count). The Balaban J connectivity index is 0.00000220.